The molecule has 2 aliphatic rings. The summed E-state index contributed by atoms with van der Waals surface area (Å²) in [5.74, 6) is -2.72. The van der Waals surface area contributed by atoms with E-state index in [9.17, 15) is 24.0 Å². The lowest BCUT2D eigenvalue weighted by Crippen LogP contribution is -2.54. The molecule has 2 aliphatic heterocycles. The van der Waals surface area contributed by atoms with Crippen molar-refractivity contribution in [3.63, 3.8) is 0 Å². The number of hydrogen-bond acceptors (Lipinski definition) is 10. The molecule has 3 heterocycles. The van der Waals surface area contributed by atoms with Crippen molar-refractivity contribution in [3.05, 3.63) is 95.2 Å². The van der Waals surface area contributed by atoms with Gasteiger partial charge in [0.25, 0.3) is 17.7 Å². The Labute approximate surface area is 281 Å². The fraction of sp³-hybridized carbons (Fsp3) is 0.286. The van der Waals surface area contributed by atoms with Crippen molar-refractivity contribution in [1.29, 1.82) is 0 Å². The highest BCUT2D eigenvalue weighted by Crippen LogP contribution is 2.32. The van der Waals surface area contributed by atoms with Crippen LogP contribution in [0.2, 0.25) is 0 Å². The van der Waals surface area contributed by atoms with Crippen molar-refractivity contribution in [2.45, 2.75) is 25.4 Å². The molecular weight excluding hydrogens is 632 g/mol. The molecule has 49 heavy (non-hydrogen) atoms. The van der Waals surface area contributed by atoms with E-state index >= 15 is 0 Å². The number of imide groups is 2. The Kier molecular flexibility index (Phi) is 10.3. The number of carbonyl (C=O) groups is 5. The maximum atomic E-state index is 13.2. The number of nitrogens with one attached hydrogen (secondary N) is 4. The van der Waals surface area contributed by atoms with Crippen molar-refractivity contribution in [2.75, 3.05) is 50.2 Å². The summed E-state index contributed by atoms with van der Waals surface area (Å²) < 4.78 is 13.4. The largest absolute Gasteiger partial charge is 0.383 e. The SMILES string of the molecule is O=C1CCC(N2C(=O)c3cccc(NCCOCCOCCNc4ccc(Cn5ccc6ccc(C(=O)NO)cc65)cc4)c3C2=O)C(=O)N1. The number of benzene rings is 3. The van der Waals surface area contributed by atoms with Gasteiger partial charge >= 0.3 is 0 Å². The molecule has 5 amide bonds. The highest BCUT2D eigenvalue weighted by atomic mass is 16.5. The van der Waals surface area contributed by atoms with E-state index in [4.69, 9.17) is 14.7 Å². The van der Waals surface area contributed by atoms with Crippen LogP contribution in [0.25, 0.3) is 10.9 Å². The quantitative estimate of drug-likeness (QED) is 0.0547. The van der Waals surface area contributed by atoms with E-state index in [1.165, 1.54) is 0 Å². The van der Waals surface area contributed by atoms with E-state index in [2.05, 4.69) is 16.0 Å². The number of rotatable bonds is 15. The molecule has 1 aromatic heterocycles. The standard InChI is InChI=1S/C35H36N6O8/c42-30-11-10-28(33(44)38-30)41-34(45)26-2-1-3-27(31(26)35(41)46)37-14-17-49-19-18-48-16-13-36-25-8-4-22(5-9-25)21-40-15-12-23-6-7-24(20-29(23)40)32(43)39-47/h1-9,12,15,20,28,36-37,47H,10-11,13-14,16-19,21H2,(H,39,43)(H,38,42,44). The zero-order valence-electron chi connectivity index (χ0n) is 26.6. The van der Waals surface area contributed by atoms with Gasteiger partial charge in [0.1, 0.15) is 6.04 Å². The van der Waals surface area contributed by atoms with Crippen LogP contribution in [0.1, 0.15) is 49.5 Å². The summed E-state index contributed by atoms with van der Waals surface area (Å²) in [4.78, 5) is 62.7. The zero-order valence-corrected chi connectivity index (χ0v) is 26.6. The van der Waals surface area contributed by atoms with Crippen LogP contribution in [0.4, 0.5) is 11.4 Å². The lowest BCUT2D eigenvalue weighted by Gasteiger charge is -2.27. The van der Waals surface area contributed by atoms with Crippen LogP contribution in [-0.2, 0) is 25.6 Å². The summed E-state index contributed by atoms with van der Waals surface area (Å²) in [7, 11) is 0. The van der Waals surface area contributed by atoms with Crippen LogP contribution in [0.5, 0.6) is 0 Å². The highest BCUT2D eigenvalue weighted by molar-refractivity contribution is 6.25. The van der Waals surface area contributed by atoms with Gasteiger partial charge in [-0.2, -0.15) is 0 Å². The summed E-state index contributed by atoms with van der Waals surface area (Å²) >= 11 is 0. The van der Waals surface area contributed by atoms with Crippen LogP contribution >= 0.6 is 0 Å². The topological polar surface area (TPSA) is 180 Å². The molecule has 0 radical (unpaired) electrons. The van der Waals surface area contributed by atoms with E-state index in [-0.39, 0.29) is 24.0 Å². The molecule has 0 bridgehead atoms. The summed E-state index contributed by atoms with van der Waals surface area (Å²) in [6.45, 7) is 3.23. The third-order valence-corrected chi connectivity index (χ3v) is 8.42. The van der Waals surface area contributed by atoms with Gasteiger partial charge in [-0.1, -0.05) is 24.3 Å². The number of amides is 5. The first-order valence-electron chi connectivity index (χ1n) is 15.9. The van der Waals surface area contributed by atoms with Crippen molar-refractivity contribution >= 4 is 51.8 Å². The van der Waals surface area contributed by atoms with Gasteiger partial charge in [0, 0.05) is 54.7 Å². The van der Waals surface area contributed by atoms with Crippen molar-refractivity contribution in [2.24, 2.45) is 0 Å². The first kappa shape index (κ1) is 33.3. The van der Waals surface area contributed by atoms with E-state index in [0.717, 1.165) is 27.1 Å². The Morgan fingerprint density at radius 2 is 1.63 bits per heavy atom. The Morgan fingerprint density at radius 3 is 2.37 bits per heavy atom. The average Bonchev–Trinajstić information content (AvgIpc) is 3.62. The number of anilines is 2. The van der Waals surface area contributed by atoms with Gasteiger partial charge < -0.3 is 24.7 Å². The number of hydroxylamine groups is 1. The second-order valence-electron chi connectivity index (χ2n) is 11.6. The molecule has 4 aromatic rings. The Balaban J connectivity index is 0.870. The van der Waals surface area contributed by atoms with Gasteiger partial charge in [-0.05, 0) is 59.8 Å². The first-order chi connectivity index (χ1) is 23.8. The number of nitrogens with zero attached hydrogens (tertiary/aromatic N) is 2. The average molecular weight is 669 g/mol. The summed E-state index contributed by atoms with van der Waals surface area (Å²) in [6.07, 6.45) is 2.13. The third kappa shape index (κ3) is 7.46. The van der Waals surface area contributed by atoms with Gasteiger partial charge in [0.15, 0.2) is 0 Å². The molecule has 0 spiro atoms. The van der Waals surface area contributed by atoms with Crippen molar-refractivity contribution < 1.29 is 38.7 Å². The van der Waals surface area contributed by atoms with Gasteiger partial charge in [-0.15, -0.1) is 0 Å². The smallest absolute Gasteiger partial charge is 0.274 e. The van der Waals surface area contributed by atoms with E-state index in [1.807, 2.05) is 47.2 Å². The van der Waals surface area contributed by atoms with Gasteiger partial charge in [0.05, 0.1) is 37.6 Å². The molecule has 5 N–H and O–H groups in total. The molecule has 0 saturated carbocycles. The van der Waals surface area contributed by atoms with Crippen molar-refractivity contribution in [1.82, 2.24) is 20.3 Å². The lowest BCUT2D eigenvalue weighted by atomic mass is 10.0. The molecule has 1 fully saturated rings. The maximum Gasteiger partial charge on any atom is 0.274 e. The monoisotopic (exact) mass is 668 g/mol. The Bertz CT molecular complexity index is 1890. The zero-order chi connectivity index (χ0) is 34.3. The number of hydrogen-bond donors (Lipinski definition) is 5. The number of aromatic nitrogens is 1. The van der Waals surface area contributed by atoms with E-state index in [1.54, 1.807) is 35.8 Å². The van der Waals surface area contributed by atoms with Gasteiger partial charge in [0.2, 0.25) is 11.8 Å². The first-order valence-corrected chi connectivity index (χ1v) is 15.9. The molecule has 1 saturated heterocycles. The number of fused-ring (bicyclic) bond motifs is 2. The highest BCUT2D eigenvalue weighted by Gasteiger charge is 2.45. The molecule has 6 rings (SSSR count). The molecule has 14 heteroatoms. The fourth-order valence-corrected chi connectivity index (χ4v) is 5.96. The minimum atomic E-state index is -1.01. The molecule has 1 atom stereocenters. The molecule has 3 aromatic carbocycles. The van der Waals surface area contributed by atoms with Crippen LogP contribution in [0.3, 0.4) is 0 Å². The number of carbonyl (C=O) groups excluding carboxylic acids is 5. The van der Waals surface area contributed by atoms with Crippen LogP contribution in [-0.4, -0.2) is 89.8 Å². The number of piperidine rings is 1. The Hall–Kier alpha value is -5.57. The normalized spacial score (nSPS) is 15.8. The van der Waals surface area contributed by atoms with Crippen LogP contribution in [0, 0.1) is 0 Å². The predicted octanol–water partition coefficient (Wildman–Crippen LogP) is 2.77. The minimum Gasteiger partial charge on any atom is -0.383 e. The van der Waals surface area contributed by atoms with E-state index < -0.39 is 35.6 Å². The predicted molar refractivity (Wildman–Crippen MR) is 178 cm³/mol. The Morgan fingerprint density at radius 1 is 0.878 bits per heavy atom. The van der Waals surface area contributed by atoms with Crippen molar-refractivity contribution in [3.8, 4) is 0 Å². The fourth-order valence-electron chi connectivity index (χ4n) is 5.96. The molecule has 1 unspecified atom stereocenters. The summed E-state index contributed by atoms with van der Waals surface area (Å²) in [5, 5.41) is 18.6. The second kappa shape index (κ2) is 15.1. The molecule has 254 valence electrons. The van der Waals surface area contributed by atoms with Gasteiger partial charge in [-0.25, -0.2) is 5.48 Å². The molecule has 0 aliphatic carbocycles. The molecule has 14 nitrogen and oxygen atoms in total. The van der Waals surface area contributed by atoms with E-state index in [0.29, 0.717) is 57.3 Å². The lowest BCUT2D eigenvalue weighted by molar-refractivity contribution is -0.136. The van der Waals surface area contributed by atoms with Crippen LogP contribution < -0.4 is 21.4 Å². The van der Waals surface area contributed by atoms with Gasteiger partial charge in [-0.3, -0.25) is 39.4 Å². The second-order valence-corrected chi connectivity index (χ2v) is 11.6. The molecular formula is C35H36N6O8. The minimum absolute atomic E-state index is 0.0641. The third-order valence-electron chi connectivity index (χ3n) is 8.42. The summed E-state index contributed by atoms with van der Waals surface area (Å²) in [6, 6.07) is 19.2. The van der Waals surface area contributed by atoms with Crippen LogP contribution in [0.15, 0.2) is 72.9 Å². The number of ether oxygens (including phenoxy) is 2. The maximum absolute atomic E-state index is 13.2. The summed E-state index contributed by atoms with van der Waals surface area (Å²) in [5.41, 5.74) is 5.91.